The van der Waals surface area contributed by atoms with Crippen molar-refractivity contribution in [2.24, 2.45) is 11.7 Å². The van der Waals surface area contributed by atoms with Gasteiger partial charge in [0.15, 0.2) is 6.61 Å². The minimum atomic E-state index is -0.538. The van der Waals surface area contributed by atoms with Crippen molar-refractivity contribution in [2.45, 2.75) is 25.4 Å². The molecular formula is C23H27N3O3. The summed E-state index contributed by atoms with van der Waals surface area (Å²) in [6, 6.07) is 17.9. The zero-order valence-electron chi connectivity index (χ0n) is 16.5. The van der Waals surface area contributed by atoms with Crippen molar-refractivity contribution >= 4 is 11.8 Å². The molecule has 2 N–H and O–H groups in total. The molecule has 3 saturated heterocycles. The van der Waals surface area contributed by atoms with E-state index in [-0.39, 0.29) is 12.5 Å². The molecule has 2 bridgehead atoms. The average Bonchev–Trinajstić information content (AvgIpc) is 3.04. The summed E-state index contributed by atoms with van der Waals surface area (Å²) in [6.45, 7) is 3.30. The van der Waals surface area contributed by atoms with Crippen LogP contribution in [0.2, 0.25) is 0 Å². The molecule has 2 amide bonds. The molecule has 5 rings (SSSR count). The minimum Gasteiger partial charge on any atom is -0.484 e. The molecule has 0 saturated carbocycles. The first kappa shape index (κ1) is 19.5. The number of primary amides is 1. The largest absolute Gasteiger partial charge is 0.484 e. The maximum absolute atomic E-state index is 13.2. The van der Waals surface area contributed by atoms with Gasteiger partial charge in [-0.05, 0) is 42.5 Å². The number of carbonyl (C=O) groups excluding carboxylic acids is 2. The van der Waals surface area contributed by atoms with Crippen LogP contribution < -0.4 is 10.5 Å². The minimum absolute atomic E-state index is 0.0213. The second kappa shape index (κ2) is 8.66. The molecular weight excluding hydrogens is 366 g/mol. The molecule has 6 heteroatoms. The number of hydrogen-bond donors (Lipinski definition) is 1. The molecule has 6 nitrogen and oxygen atoms in total. The number of rotatable bonds is 6. The van der Waals surface area contributed by atoms with Crippen LogP contribution in [-0.2, 0) is 11.3 Å². The Labute approximate surface area is 171 Å². The zero-order valence-corrected chi connectivity index (χ0v) is 16.5. The van der Waals surface area contributed by atoms with Crippen LogP contribution in [0.5, 0.6) is 5.75 Å². The van der Waals surface area contributed by atoms with Gasteiger partial charge < -0.3 is 15.4 Å². The molecule has 0 spiro atoms. The van der Waals surface area contributed by atoms with E-state index in [1.54, 1.807) is 24.3 Å². The maximum Gasteiger partial charge on any atom is 0.255 e. The van der Waals surface area contributed by atoms with Crippen molar-refractivity contribution in [1.29, 1.82) is 0 Å². The molecule has 29 heavy (non-hydrogen) atoms. The third-order valence-corrected chi connectivity index (χ3v) is 5.80. The topological polar surface area (TPSA) is 75.9 Å². The fraction of sp³-hybridized carbons (Fsp3) is 0.391. The van der Waals surface area contributed by atoms with E-state index in [4.69, 9.17) is 10.5 Å². The Bertz CT molecular complexity index is 871. The number of piperidine rings is 1. The number of nitrogens with two attached hydrogens (primary N) is 1. The highest BCUT2D eigenvalue weighted by Gasteiger charge is 2.36. The predicted molar refractivity (Wildman–Crippen MR) is 110 cm³/mol. The van der Waals surface area contributed by atoms with E-state index >= 15 is 0 Å². The summed E-state index contributed by atoms with van der Waals surface area (Å²) in [5.74, 6) is 0.464. The highest BCUT2D eigenvalue weighted by atomic mass is 16.5. The van der Waals surface area contributed by atoms with Crippen LogP contribution in [0.25, 0.3) is 0 Å². The monoisotopic (exact) mass is 393 g/mol. The molecule has 3 heterocycles. The summed E-state index contributed by atoms with van der Waals surface area (Å²) in [5, 5.41) is 0. The number of amides is 2. The smallest absolute Gasteiger partial charge is 0.255 e. The van der Waals surface area contributed by atoms with Gasteiger partial charge in [0.1, 0.15) is 5.75 Å². The van der Waals surface area contributed by atoms with Crippen molar-refractivity contribution in [3.05, 3.63) is 65.7 Å². The molecule has 2 aromatic carbocycles. The third kappa shape index (κ3) is 4.77. The lowest BCUT2D eigenvalue weighted by molar-refractivity contribution is -0.119. The third-order valence-electron chi connectivity index (χ3n) is 5.80. The highest BCUT2D eigenvalue weighted by Crippen LogP contribution is 2.30. The second-order valence-corrected chi connectivity index (χ2v) is 8.01. The molecule has 2 atom stereocenters. The van der Waals surface area contributed by atoms with Crippen LogP contribution >= 0.6 is 0 Å². The first-order chi connectivity index (χ1) is 14.1. The molecule has 3 fully saturated rings. The van der Waals surface area contributed by atoms with Crippen molar-refractivity contribution in [3.63, 3.8) is 0 Å². The maximum atomic E-state index is 13.2. The Morgan fingerprint density at radius 1 is 1.00 bits per heavy atom. The zero-order chi connectivity index (χ0) is 20.2. The van der Waals surface area contributed by atoms with Crippen LogP contribution in [0, 0.1) is 5.92 Å². The first-order valence-corrected chi connectivity index (χ1v) is 10.2. The molecule has 3 aliphatic heterocycles. The predicted octanol–water partition coefficient (Wildman–Crippen LogP) is 2.29. The fourth-order valence-electron chi connectivity index (χ4n) is 4.41. The lowest BCUT2D eigenvalue weighted by atomic mass is 9.94. The summed E-state index contributed by atoms with van der Waals surface area (Å²) < 4.78 is 5.35. The van der Waals surface area contributed by atoms with E-state index < -0.39 is 5.91 Å². The summed E-state index contributed by atoms with van der Waals surface area (Å²) in [6.07, 6.45) is 2.30. The van der Waals surface area contributed by atoms with E-state index in [1.165, 1.54) is 12.0 Å². The van der Waals surface area contributed by atoms with Gasteiger partial charge in [-0.1, -0.05) is 36.4 Å². The van der Waals surface area contributed by atoms with Gasteiger partial charge in [0.2, 0.25) is 0 Å². The van der Waals surface area contributed by atoms with Gasteiger partial charge in [-0.15, -0.1) is 0 Å². The molecule has 3 aliphatic rings. The summed E-state index contributed by atoms with van der Waals surface area (Å²) >= 11 is 0. The SMILES string of the molecule is NC(=O)COc1cccc(C(=O)N2C[C@H]3CC[C@@H](C2)N(Cc2ccccc2)C3)c1. The summed E-state index contributed by atoms with van der Waals surface area (Å²) in [5.41, 5.74) is 7.04. The number of fused-ring (bicyclic) bond motifs is 4. The number of nitrogens with zero attached hydrogens (tertiary/aromatic N) is 2. The number of ether oxygens (including phenoxy) is 1. The molecule has 2 aromatic rings. The van der Waals surface area contributed by atoms with E-state index in [2.05, 4.69) is 29.2 Å². The Morgan fingerprint density at radius 3 is 2.62 bits per heavy atom. The van der Waals surface area contributed by atoms with E-state index in [1.807, 2.05) is 11.0 Å². The average molecular weight is 393 g/mol. The number of benzene rings is 2. The van der Waals surface area contributed by atoms with Gasteiger partial charge in [0.05, 0.1) is 0 Å². The van der Waals surface area contributed by atoms with E-state index in [0.717, 1.165) is 32.6 Å². The summed E-state index contributed by atoms with van der Waals surface area (Å²) in [4.78, 5) is 28.6. The lowest BCUT2D eigenvalue weighted by Crippen LogP contribution is -2.43. The second-order valence-electron chi connectivity index (χ2n) is 8.01. The van der Waals surface area contributed by atoms with Crippen molar-refractivity contribution < 1.29 is 14.3 Å². The van der Waals surface area contributed by atoms with E-state index in [9.17, 15) is 9.59 Å². The van der Waals surface area contributed by atoms with Crippen LogP contribution in [0.1, 0.15) is 28.8 Å². The number of hydrogen-bond acceptors (Lipinski definition) is 4. The van der Waals surface area contributed by atoms with Gasteiger partial charge in [-0.3, -0.25) is 14.5 Å². The van der Waals surface area contributed by atoms with Crippen LogP contribution in [0.3, 0.4) is 0 Å². The molecule has 0 aromatic heterocycles. The Kier molecular flexibility index (Phi) is 5.81. The van der Waals surface area contributed by atoms with Crippen LogP contribution in [0.4, 0.5) is 0 Å². The van der Waals surface area contributed by atoms with Gasteiger partial charge in [-0.2, -0.15) is 0 Å². The Balaban J connectivity index is 1.45. The van der Waals surface area contributed by atoms with Gasteiger partial charge in [0.25, 0.3) is 11.8 Å². The summed E-state index contributed by atoms with van der Waals surface area (Å²) in [7, 11) is 0. The van der Waals surface area contributed by atoms with Gasteiger partial charge in [0, 0.05) is 37.8 Å². The Hall–Kier alpha value is -2.86. The van der Waals surface area contributed by atoms with Crippen LogP contribution in [-0.4, -0.2) is 53.9 Å². The van der Waals surface area contributed by atoms with Crippen LogP contribution in [0.15, 0.2) is 54.6 Å². The fourth-order valence-corrected chi connectivity index (χ4v) is 4.41. The lowest BCUT2D eigenvalue weighted by Gasteiger charge is -2.36. The van der Waals surface area contributed by atoms with E-state index in [0.29, 0.717) is 23.3 Å². The molecule has 152 valence electrons. The van der Waals surface area contributed by atoms with Crippen molar-refractivity contribution in [1.82, 2.24) is 9.80 Å². The van der Waals surface area contributed by atoms with Gasteiger partial charge in [-0.25, -0.2) is 0 Å². The van der Waals surface area contributed by atoms with Crippen molar-refractivity contribution in [2.75, 3.05) is 26.2 Å². The number of carbonyl (C=O) groups is 2. The van der Waals surface area contributed by atoms with Gasteiger partial charge >= 0.3 is 0 Å². The standard InChI is InChI=1S/C23H27N3O3/c24-22(27)16-29-21-8-4-7-19(11-21)23(28)26-14-18-9-10-20(15-26)25(13-18)12-17-5-2-1-3-6-17/h1-8,11,18,20H,9-10,12-16H2,(H2,24,27)/t18-,20-/m0/s1. The first-order valence-electron chi connectivity index (χ1n) is 10.2. The quantitative estimate of drug-likeness (QED) is 0.817. The van der Waals surface area contributed by atoms with Crippen molar-refractivity contribution in [3.8, 4) is 5.75 Å². The Morgan fingerprint density at radius 2 is 1.83 bits per heavy atom. The molecule has 0 unspecified atom stereocenters. The normalized spacial score (nSPS) is 21.6. The molecule has 0 radical (unpaired) electrons. The molecule has 0 aliphatic carbocycles. The highest BCUT2D eigenvalue weighted by molar-refractivity contribution is 5.94.